The van der Waals surface area contributed by atoms with Crippen molar-refractivity contribution in [2.45, 2.75) is 0 Å². The predicted octanol–water partition coefficient (Wildman–Crippen LogP) is 0.603. The molecule has 11 nitrogen and oxygen atoms in total. The number of β-amino-alcohol motifs (C(OH)–C–C–N with tert-alkyl or cyclic N) is 1. The first-order valence-electron chi connectivity index (χ1n) is 11.5. The zero-order valence-electron chi connectivity index (χ0n) is 19.0. The largest absolute Gasteiger partial charge is 0.395 e. The predicted molar refractivity (Wildman–Crippen MR) is 126 cm³/mol. The lowest BCUT2D eigenvalue weighted by molar-refractivity contribution is 0.0736. The van der Waals surface area contributed by atoms with Crippen molar-refractivity contribution in [1.29, 1.82) is 0 Å². The van der Waals surface area contributed by atoms with Crippen LogP contribution in [0.25, 0.3) is 11.3 Å². The van der Waals surface area contributed by atoms with Crippen LogP contribution in [0.15, 0.2) is 47.2 Å². The van der Waals surface area contributed by atoms with Crippen molar-refractivity contribution >= 4 is 17.5 Å². The van der Waals surface area contributed by atoms with Gasteiger partial charge in [0.25, 0.3) is 5.91 Å². The number of carbonyl (C=O) groups is 1. The third-order valence-corrected chi connectivity index (χ3v) is 6.32. The zero-order valence-corrected chi connectivity index (χ0v) is 19.0. The van der Waals surface area contributed by atoms with Crippen LogP contribution >= 0.6 is 0 Å². The number of aromatic nitrogens is 4. The van der Waals surface area contributed by atoms with Gasteiger partial charge in [-0.15, -0.1) is 10.2 Å². The number of hydrogen-bond acceptors (Lipinski definition) is 10. The van der Waals surface area contributed by atoms with Gasteiger partial charge in [0.05, 0.1) is 6.61 Å². The van der Waals surface area contributed by atoms with E-state index in [0.29, 0.717) is 37.6 Å². The molecular formula is C23H28N8O3. The monoisotopic (exact) mass is 464 g/mol. The zero-order chi connectivity index (χ0) is 23.3. The molecule has 2 fully saturated rings. The van der Waals surface area contributed by atoms with E-state index in [4.69, 9.17) is 9.63 Å². The Morgan fingerprint density at radius 3 is 2.21 bits per heavy atom. The molecule has 0 bridgehead atoms. The van der Waals surface area contributed by atoms with E-state index >= 15 is 0 Å². The quantitative estimate of drug-likeness (QED) is 0.556. The summed E-state index contributed by atoms with van der Waals surface area (Å²) in [6.07, 6.45) is 3.36. The minimum atomic E-state index is -0.139. The number of aliphatic hydroxyl groups excluding tert-OH is 1. The molecule has 11 heteroatoms. The summed E-state index contributed by atoms with van der Waals surface area (Å²) >= 11 is 0. The van der Waals surface area contributed by atoms with Crippen LogP contribution in [0.4, 0.5) is 11.6 Å². The van der Waals surface area contributed by atoms with Gasteiger partial charge in [0, 0.05) is 82.9 Å². The van der Waals surface area contributed by atoms with E-state index in [1.807, 2.05) is 24.3 Å². The van der Waals surface area contributed by atoms with Crippen molar-refractivity contribution in [1.82, 2.24) is 30.1 Å². The highest BCUT2D eigenvalue weighted by molar-refractivity contribution is 5.93. The van der Waals surface area contributed by atoms with E-state index in [0.717, 1.165) is 49.9 Å². The molecule has 1 N–H and O–H groups in total. The fourth-order valence-corrected chi connectivity index (χ4v) is 4.32. The Balaban J connectivity index is 1.14. The summed E-state index contributed by atoms with van der Waals surface area (Å²) in [7, 11) is 0. The van der Waals surface area contributed by atoms with Gasteiger partial charge in [0.2, 0.25) is 0 Å². The lowest BCUT2D eigenvalue weighted by atomic mass is 10.2. The van der Waals surface area contributed by atoms with Crippen LogP contribution in [-0.2, 0) is 0 Å². The Kier molecular flexibility index (Phi) is 6.63. The molecule has 3 aromatic heterocycles. The highest BCUT2D eigenvalue weighted by Gasteiger charge is 2.26. The first-order valence-corrected chi connectivity index (χ1v) is 11.5. The lowest BCUT2D eigenvalue weighted by Gasteiger charge is -2.36. The van der Waals surface area contributed by atoms with Crippen molar-refractivity contribution in [3.05, 3.63) is 48.4 Å². The van der Waals surface area contributed by atoms with Gasteiger partial charge >= 0.3 is 0 Å². The highest BCUT2D eigenvalue weighted by Crippen LogP contribution is 2.21. The summed E-state index contributed by atoms with van der Waals surface area (Å²) in [5.74, 6) is 2.08. The Labute approximate surface area is 197 Å². The van der Waals surface area contributed by atoms with Crippen molar-refractivity contribution in [2.75, 3.05) is 75.3 Å². The van der Waals surface area contributed by atoms with E-state index in [1.54, 1.807) is 23.4 Å². The van der Waals surface area contributed by atoms with Crippen LogP contribution in [0.3, 0.4) is 0 Å². The normalized spacial score (nSPS) is 17.3. The van der Waals surface area contributed by atoms with Gasteiger partial charge in [-0.2, -0.15) is 0 Å². The molecule has 2 aliphatic rings. The van der Waals surface area contributed by atoms with Gasteiger partial charge in [-0.25, -0.2) is 0 Å². The number of pyridine rings is 1. The molecule has 0 unspecified atom stereocenters. The number of anilines is 2. The molecule has 5 rings (SSSR count). The number of aliphatic hydroxyl groups is 1. The van der Waals surface area contributed by atoms with E-state index in [1.165, 1.54) is 0 Å². The van der Waals surface area contributed by atoms with Crippen LogP contribution in [0.1, 0.15) is 10.5 Å². The molecule has 34 heavy (non-hydrogen) atoms. The summed E-state index contributed by atoms with van der Waals surface area (Å²) < 4.78 is 5.35. The number of carbonyl (C=O) groups excluding carboxylic acids is 1. The van der Waals surface area contributed by atoms with Gasteiger partial charge in [0.15, 0.2) is 23.1 Å². The van der Waals surface area contributed by atoms with Crippen molar-refractivity contribution < 1.29 is 14.4 Å². The van der Waals surface area contributed by atoms with Gasteiger partial charge in [-0.1, -0.05) is 5.16 Å². The average molecular weight is 465 g/mol. The summed E-state index contributed by atoms with van der Waals surface area (Å²) in [4.78, 5) is 25.4. The highest BCUT2D eigenvalue weighted by atomic mass is 16.5. The molecule has 0 aliphatic carbocycles. The first-order chi connectivity index (χ1) is 16.7. The van der Waals surface area contributed by atoms with Gasteiger partial charge < -0.3 is 24.3 Å². The summed E-state index contributed by atoms with van der Waals surface area (Å²) in [5.41, 5.74) is 1.09. The number of piperazine rings is 2. The van der Waals surface area contributed by atoms with E-state index in [2.05, 4.69) is 35.0 Å². The molecule has 2 aliphatic heterocycles. The molecule has 0 radical (unpaired) electrons. The molecule has 0 saturated carbocycles. The minimum Gasteiger partial charge on any atom is -0.395 e. The van der Waals surface area contributed by atoms with Crippen LogP contribution in [0, 0.1) is 0 Å². The van der Waals surface area contributed by atoms with Gasteiger partial charge in [-0.05, 0) is 24.3 Å². The average Bonchev–Trinajstić information content (AvgIpc) is 3.40. The maximum absolute atomic E-state index is 12.9. The number of amides is 1. The van der Waals surface area contributed by atoms with Gasteiger partial charge in [0.1, 0.15) is 0 Å². The van der Waals surface area contributed by atoms with Crippen LogP contribution in [0.5, 0.6) is 0 Å². The maximum Gasteiger partial charge on any atom is 0.276 e. The molecule has 0 atom stereocenters. The Morgan fingerprint density at radius 1 is 0.941 bits per heavy atom. The fraction of sp³-hybridized carbons (Fsp3) is 0.435. The topological polar surface area (TPSA) is 115 Å². The second kappa shape index (κ2) is 10.1. The number of hydrogen-bond donors (Lipinski definition) is 1. The third kappa shape index (κ3) is 4.85. The maximum atomic E-state index is 12.9. The molecule has 5 heterocycles. The van der Waals surface area contributed by atoms with Crippen LogP contribution < -0.4 is 9.80 Å². The molecule has 1 amide bonds. The van der Waals surface area contributed by atoms with E-state index in [9.17, 15) is 4.79 Å². The molecule has 3 aromatic rings. The second-order valence-electron chi connectivity index (χ2n) is 8.40. The number of nitrogens with zero attached hydrogens (tertiary/aromatic N) is 8. The summed E-state index contributed by atoms with van der Waals surface area (Å²) in [5, 5.41) is 21.9. The molecular weight excluding hydrogens is 436 g/mol. The lowest BCUT2D eigenvalue weighted by Crippen LogP contribution is -2.49. The van der Waals surface area contributed by atoms with Crippen molar-refractivity contribution in [3.8, 4) is 11.3 Å². The summed E-state index contributed by atoms with van der Waals surface area (Å²) in [6.45, 7) is 6.98. The Hall–Kier alpha value is -3.57. The number of rotatable bonds is 6. The van der Waals surface area contributed by atoms with E-state index < -0.39 is 0 Å². The minimum absolute atomic E-state index is 0.139. The molecule has 178 valence electrons. The summed E-state index contributed by atoms with van der Waals surface area (Å²) in [6, 6.07) is 9.35. The molecule has 0 spiro atoms. The SMILES string of the molecule is O=C(c1cc(-c2cccnc2)on1)N1CCN(c2ccc(N3CCN(CCO)CC3)nn2)CC1. The smallest absolute Gasteiger partial charge is 0.276 e. The first kappa shape index (κ1) is 22.2. The Morgan fingerprint density at radius 2 is 1.62 bits per heavy atom. The van der Waals surface area contributed by atoms with Crippen molar-refractivity contribution in [3.63, 3.8) is 0 Å². The van der Waals surface area contributed by atoms with Crippen molar-refractivity contribution in [2.24, 2.45) is 0 Å². The fourth-order valence-electron chi connectivity index (χ4n) is 4.32. The van der Waals surface area contributed by atoms with Crippen LogP contribution in [0.2, 0.25) is 0 Å². The van der Waals surface area contributed by atoms with Gasteiger partial charge in [-0.3, -0.25) is 14.7 Å². The molecule has 2 saturated heterocycles. The van der Waals surface area contributed by atoms with E-state index in [-0.39, 0.29) is 12.5 Å². The third-order valence-electron chi connectivity index (χ3n) is 6.32. The Bertz CT molecular complexity index is 1080. The standard InChI is InChI=1S/C23H28N8O3/c32-15-14-28-6-8-29(9-7-28)21-3-4-22(26-25-21)30-10-12-31(13-11-30)23(33)19-16-20(34-27-19)18-2-1-5-24-17-18/h1-5,16-17,32H,6-15H2. The molecule has 0 aromatic carbocycles. The van der Waals surface area contributed by atoms with Crippen LogP contribution in [-0.4, -0.2) is 107 Å². The second-order valence-corrected chi connectivity index (χ2v) is 8.40.